The van der Waals surface area contributed by atoms with E-state index in [4.69, 9.17) is 0 Å². The lowest BCUT2D eigenvalue weighted by molar-refractivity contribution is -0.123. The molecule has 1 fully saturated rings. The SMILES string of the molecule is CC(C)C(=O)C1COC(=O)N1. The molecule has 1 atom stereocenters. The smallest absolute Gasteiger partial charge is 0.407 e. The molecule has 1 rings (SSSR count). The molecule has 4 nitrogen and oxygen atoms in total. The molecule has 0 aliphatic carbocycles. The molecule has 1 heterocycles. The number of hydrogen-bond donors (Lipinski definition) is 1. The quantitative estimate of drug-likeness (QED) is 0.628. The Bertz CT molecular complexity index is 188. The van der Waals surface area contributed by atoms with E-state index >= 15 is 0 Å². The molecule has 62 valence electrons. The first-order chi connectivity index (χ1) is 5.11. The van der Waals surface area contributed by atoms with Gasteiger partial charge in [-0.05, 0) is 0 Å². The molecule has 11 heavy (non-hydrogen) atoms. The van der Waals surface area contributed by atoms with Crippen molar-refractivity contribution in [2.75, 3.05) is 6.61 Å². The number of Topliss-reactive ketones (excluding diaryl/α,β-unsaturated/α-hetero) is 1. The Labute approximate surface area is 64.9 Å². The molecule has 0 saturated carbocycles. The predicted octanol–water partition coefficient (Wildman–Crippen LogP) is 0.320. The fourth-order valence-electron chi connectivity index (χ4n) is 0.940. The van der Waals surface area contributed by atoms with E-state index in [0.717, 1.165) is 0 Å². The zero-order chi connectivity index (χ0) is 8.43. The van der Waals surface area contributed by atoms with Crippen molar-refractivity contribution in [3.05, 3.63) is 0 Å². The fraction of sp³-hybridized carbons (Fsp3) is 0.714. The van der Waals surface area contributed by atoms with E-state index in [1.165, 1.54) is 0 Å². The lowest BCUT2D eigenvalue weighted by atomic mass is 10.0. The summed E-state index contributed by atoms with van der Waals surface area (Å²) in [6, 6.07) is -0.428. The Hall–Kier alpha value is -1.06. The monoisotopic (exact) mass is 157 g/mol. The highest BCUT2D eigenvalue weighted by Crippen LogP contribution is 2.05. The minimum Gasteiger partial charge on any atom is -0.447 e. The van der Waals surface area contributed by atoms with Crippen LogP contribution in [0.2, 0.25) is 0 Å². The summed E-state index contributed by atoms with van der Waals surface area (Å²) in [5, 5.41) is 2.42. The molecular weight excluding hydrogens is 146 g/mol. The third-order valence-corrected chi connectivity index (χ3v) is 1.59. The Balaban J connectivity index is 2.50. The molecule has 1 amide bonds. The van der Waals surface area contributed by atoms with E-state index in [1.54, 1.807) is 13.8 Å². The van der Waals surface area contributed by atoms with Gasteiger partial charge in [-0.3, -0.25) is 4.79 Å². The van der Waals surface area contributed by atoms with Gasteiger partial charge in [-0.25, -0.2) is 4.79 Å². The number of alkyl carbamates (subject to hydrolysis) is 1. The number of carbonyl (C=O) groups excluding carboxylic acids is 2. The second-order valence-corrected chi connectivity index (χ2v) is 2.85. The molecule has 4 heteroatoms. The van der Waals surface area contributed by atoms with Crippen molar-refractivity contribution in [2.24, 2.45) is 5.92 Å². The van der Waals surface area contributed by atoms with Gasteiger partial charge in [0.25, 0.3) is 0 Å². The van der Waals surface area contributed by atoms with Gasteiger partial charge in [-0.1, -0.05) is 13.8 Å². The van der Waals surface area contributed by atoms with Crippen LogP contribution < -0.4 is 5.32 Å². The van der Waals surface area contributed by atoms with Crippen molar-refractivity contribution in [3.8, 4) is 0 Å². The highest BCUT2D eigenvalue weighted by molar-refractivity contribution is 5.90. The van der Waals surface area contributed by atoms with E-state index in [9.17, 15) is 9.59 Å². The average molecular weight is 157 g/mol. The van der Waals surface area contributed by atoms with E-state index in [1.807, 2.05) is 0 Å². The summed E-state index contributed by atoms with van der Waals surface area (Å²) in [5.74, 6) is -0.0298. The zero-order valence-electron chi connectivity index (χ0n) is 6.59. The van der Waals surface area contributed by atoms with Gasteiger partial charge in [-0.2, -0.15) is 0 Å². The van der Waals surface area contributed by atoms with Gasteiger partial charge in [0.2, 0.25) is 0 Å². The molecular formula is C7H11NO3. The van der Waals surface area contributed by atoms with Crippen molar-refractivity contribution in [2.45, 2.75) is 19.9 Å². The van der Waals surface area contributed by atoms with Crippen LogP contribution in [0.4, 0.5) is 4.79 Å². The second kappa shape index (κ2) is 2.90. The van der Waals surface area contributed by atoms with Crippen molar-refractivity contribution in [1.29, 1.82) is 0 Å². The van der Waals surface area contributed by atoms with Crippen molar-refractivity contribution >= 4 is 11.9 Å². The van der Waals surface area contributed by atoms with Crippen LogP contribution in [-0.2, 0) is 9.53 Å². The van der Waals surface area contributed by atoms with Gasteiger partial charge in [0, 0.05) is 5.92 Å². The first-order valence-electron chi connectivity index (χ1n) is 3.58. The number of amides is 1. The van der Waals surface area contributed by atoms with Crippen LogP contribution in [0.3, 0.4) is 0 Å². The van der Waals surface area contributed by atoms with Crippen LogP contribution in [-0.4, -0.2) is 24.5 Å². The number of carbonyl (C=O) groups is 2. The molecule has 1 aliphatic rings. The number of ether oxygens (including phenoxy) is 1. The Kier molecular flexibility index (Phi) is 2.12. The van der Waals surface area contributed by atoms with E-state index in [-0.39, 0.29) is 18.3 Å². The molecule has 0 spiro atoms. The maximum absolute atomic E-state index is 11.2. The van der Waals surface area contributed by atoms with E-state index < -0.39 is 12.1 Å². The van der Waals surface area contributed by atoms with Crippen LogP contribution in [0.5, 0.6) is 0 Å². The molecule has 1 N–H and O–H groups in total. The van der Waals surface area contributed by atoms with Gasteiger partial charge >= 0.3 is 6.09 Å². The molecule has 1 saturated heterocycles. The van der Waals surface area contributed by atoms with Gasteiger partial charge < -0.3 is 10.1 Å². The number of rotatable bonds is 2. The van der Waals surface area contributed by atoms with Gasteiger partial charge in [0.05, 0.1) is 0 Å². The minimum atomic E-state index is -0.496. The standard InChI is InChI=1S/C7H11NO3/c1-4(2)6(9)5-3-11-7(10)8-5/h4-5H,3H2,1-2H3,(H,8,10). The lowest BCUT2D eigenvalue weighted by Crippen LogP contribution is -2.36. The summed E-state index contributed by atoms with van der Waals surface area (Å²) in [6.07, 6.45) is -0.496. The van der Waals surface area contributed by atoms with Crippen molar-refractivity contribution < 1.29 is 14.3 Å². The van der Waals surface area contributed by atoms with E-state index in [2.05, 4.69) is 10.1 Å². The summed E-state index contributed by atoms with van der Waals surface area (Å²) in [7, 11) is 0. The molecule has 0 bridgehead atoms. The van der Waals surface area contributed by atoms with Crippen LogP contribution >= 0.6 is 0 Å². The first kappa shape index (κ1) is 8.04. The summed E-state index contributed by atoms with van der Waals surface area (Å²) in [4.78, 5) is 21.7. The maximum Gasteiger partial charge on any atom is 0.407 e. The Morgan fingerprint density at radius 2 is 2.36 bits per heavy atom. The third-order valence-electron chi connectivity index (χ3n) is 1.59. The highest BCUT2D eigenvalue weighted by atomic mass is 16.6. The number of nitrogens with one attached hydrogen (secondary N) is 1. The first-order valence-corrected chi connectivity index (χ1v) is 3.58. The van der Waals surface area contributed by atoms with E-state index in [0.29, 0.717) is 0 Å². The summed E-state index contributed by atoms with van der Waals surface area (Å²) in [6.45, 7) is 3.77. The molecule has 1 unspecified atom stereocenters. The van der Waals surface area contributed by atoms with Crippen molar-refractivity contribution in [3.63, 3.8) is 0 Å². The number of cyclic esters (lactones) is 1. The lowest BCUT2D eigenvalue weighted by Gasteiger charge is -2.07. The zero-order valence-corrected chi connectivity index (χ0v) is 6.59. The predicted molar refractivity (Wildman–Crippen MR) is 38.1 cm³/mol. The van der Waals surface area contributed by atoms with Gasteiger partial charge in [0.15, 0.2) is 5.78 Å². The summed E-state index contributed by atoms with van der Waals surface area (Å²) >= 11 is 0. The Morgan fingerprint density at radius 1 is 1.73 bits per heavy atom. The molecule has 0 aromatic rings. The molecule has 1 aliphatic heterocycles. The highest BCUT2D eigenvalue weighted by Gasteiger charge is 2.29. The Morgan fingerprint density at radius 3 is 2.73 bits per heavy atom. The summed E-state index contributed by atoms with van der Waals surface area (Å²) in [5.41, 5.74) is 0. The molecule has 0 aromatic carbocycles. The van der Waals surface area contributed by atoms with Crippen LogP contribution in [0.15, 0.2) is 0 Å². The third kappa shape index (κ3) is 1.69. The van der Waals surface area contributed by atoms with Crippen molar-refractivity contribution in [1.82, 2.24) is 5.32 Å². The van der Waals surface area contributed by atoms with Crippen LogP contribution in [0.25, 0.3) is 0 Å². The topological polar surface area (TPSA) is 55.4 Å². The van der Waals surface area contributed by atoms with Gasteiger partial charge in [0.1, 0.15) is 12.6 Å². The second-order valence-electron chi connectivity index (χ2n) is 2.85. The normalized spacial score (nSPS) is 23.2. The molecule has 0 radical (unpaired) electrons. The average Bonchev–Trinajstić information content (AvgIpc) is 2.34. The number of hydrogen-bond acceptors (Lipinski definition) is 3. The maximum atomic E-state index is 11.2. The van der Waals surface area contributed by atoms with Crippen LogP contribution in [0.1, 0.15) is 13.8 Å². The summed E-state index contributed by atoms with van der Waals surface area (Å²) < 4.78 is 4.57. The van der Waals surface area contributed by atoms with Gasteiger partial charge in [-0.15, -0.1) is 0 Å². The largest absolute Gasteiger partial charge is 0.447 e. The number of ketones is 1. The fourth-order valence-corrected chi connectivity index (χ4v) is 0.940. The molecule has 0 aromatic heterocycles. The minimum absolute atomic E-state index is 0.0239. The van der Waals surface area contributed by atoms with Crippen LogP contribution in [0, 0.1) is 5.92 Å².